The molecule has 0 bridgehead atoms. The van der Waals surface area contributed by atoms with Gasteiger partial charge in [0.2, 0.25) is 0 Å². The van der Waals surface area contributed by atoms with Gasteiger partial charge in [-0.3, -0.25) is 4.90 Å². The van der Waals surface area contributed by atoms with Crippen LogP contribution in [0.4, 0.5) is 13.2 Å². The molecular weight excluding hydrogens is 229 g/mol. The highest BCUT2D eigenvalue weighted by molar-refractivity contribution is 4.95. The van der Waals surface area contributed by atoms with E-state index in [1.54, 1.807) is 6.92 Å². The lowest BCUT2D eigenvalue weighted by atomic mass is 9.85. The van der Waals surface area contributed by atoms with Crippen LogP contribution >= 0.6 is 0 Å². The maximum Gasteiger partial charge on any atom is 0.401 e. The van der Waals surface area contributed by atoms with E-state index in [0.29, 0.717) is 13.1 Å². The fraction of sp³-hybridized carbons (Fsp3) is 1.00. The summed E-state index contributed by atoms with van der Waals surface area (Å²) in [5, 5.41) is 0. The summed E-state index contributed by atoms with van der Waals surface area (Å²) in [6, 6.07) is 0.00443. The van der Waals surface area contributed by atoms with Crippen molar-refractivity contribution in [3.8, 4) is 0 Å². The molecule has 5 heteroatoms. The maximum atomic E-state index is 12.3. The highest BCUT2D eigenvalue weighted by Gasteiger charge is 2.40. The van der Waals surface area contributed by atoms with Gasteiger partial charge >= 0.3 is 6.18 Å². The van der Waals surface area contributed by atoms with Gasteiger partial charge < -0.3 is 5.73 Å². The second-order valence-electron chi connectivity index (χ2n) is 5.76. The minimum Gasteiger partial charge on any atom is -0.327 e. The molecule has 1 aliphatic carbocycles. The predicted octanol–water partition coefficient (Wildman–Crippen LogP) is 2.63. The van der Waals surface area contributed by atoms with Crippen molar-refractivity contribution in [2.45, 2.75) is 45.8 Å². The number of rotatable bonds is 4. The Hall–Kier alpha value is -0.290. The monoisotopic (exact) mass is 252 g/mol. The summed E-state index contributed by atoms with van der Waals surface area (Å²) in [6.45, 7) is 6.00. The largest absolute Gasteiger partial charge is 0.401 e. The predicted molar refractivity (Wildman–Crippen MR) is 62.6 cm³/mol. The van der Waals surface area contributed by atoms with Crippen LogP contribution in [0.5, 0.6) is 0 Å². The van der Waals surface area contributed by atoms with E-state index in [2.05, 4.69) is 13.8 Å². The van der Waals surface area contributed by atoms with Gasteiger partial charge in [-0.2, -0.15) is 13.2 Å². The van der Waals surface area contributed by atoms with Gasteiger partial charge in [0, 0.05) is 12.6 Å². The lowest BCUT2D eigenvalue weighted by Crippen LogP contribution is -2.44. The minimum absolute atomic E-state index is 0.00443. The van der Waals surface area contributed by atoms with E-state index in [0.717, 1.165) is 12.8 Å². The molecule has 2 atom stereocenters. The van der Waals surface area contributed by atoms with Crippen LogP contribution in [0.15, 0.2) is 0 Å². The molecule has 1 aliphatic rings. The number of nitrogens with zero attached hydrogens (tertiary/aromatic N) is 1. The first kappa shape index (κ1) is 14.8. The normalized spacial score (nSPS) is 28.9. The molecule has 0 aromatic heterocycles. The van der Waals surface area contributed by atoms with E-state index >= 15 is 0 Å². The minimum atomic E-state index is -4.12. The van der Waals surface area contributed by atoms with Crippen molar-refractivity contribution < 1.29 is 13.2 Å². The summed E-state index contributed by atoms with van der Waals surface area (Å²) in [5.41, 5.74) is 6.17. The molecule has 2 unspecified atom stereocenters. The third-order valence-electron chi connectivity index (χ3n) is 3.91. The Morgan fingerprint density at radius 3 is 2.29 bits per heavy atom. The molecule has 0 radical (unpaired) electrons. The molecule has 0 spiro atoms. The van der Waals surface area contributed by atoms with Crippen molar-refractivity contribution in [2.24, 2.45) is 17.1 Å². The molecule has 0 saturated heterocycles. The first-order chi connectivity index (χ1) is 7.65. The molecule has 1 fully saturated rings. The summed E-state index contributed by atoms with van der Waals surface area (Å²) in [6.07, 6.45) is -2.18. The topological polar surface area (TPSA) is 29.3 Å². The number of hydrogen-bond donors (Lipinski definition) is 1. The average Bonchev–Trinajstić information content (AvgIpc) is 2.42. The van der Waals surface area contributed by atoms with Crippen LogP contribution in [0.25, 0.3) is 0 Å². The summed E-state index contributed by atoms with van der Waals surface area (Å²) < 4.78 is 37.0. The second kappa shape index (κ2) is 5.14. The van der Waals surface area contributed by atoms with Crippen LogP contribution in [-0.2, 0) is 0 Å². The smallest absolute Gasteiger partial charge is 0.327 e. The van der Waals surface area contributed by atoms with Gasteiger partial charge in [-0.05, 0) is 30.7 Å². The number of halogens is 3. The Morgan fingerprint density at radius 1 is 1.35 bits per heavy atom. The van der Waals surface area contributed by atoms with Crippen LogP contribution in [0.3, 0.4) is 0 Å². The highest BCUT2D eigenvalue weighted by Crippen LogP contribution is 2.40. The number of nitrogens with two attached hydrogens (primary N) is 1. The molecule has 1 rings (SSSR count). The van der Waals surface area contributed by atoms with Gasteiger partial charge in [0.15, 0.2) is 0 Å². The summed E-state index contributed by atoms with van der Waals surface area (Å²) >= 11 is 0. The van der Waals surface area contributed by atoms with Crippen LogP contribution in [0, 0.1) is 11.3 Å². The van der Waals surface area contributed by atoms with E-state index in [9.17, 15) is 13.2 Å². The number of hydrogen-bond acceptors (Lipinski definition) is 2. The number of alkyl halides is 3. The van der Waals surface area contributed by atoms with E-state index in [-0.39, 0.29) is 17.4 Å². The molecule has 0 aromatic carbocycles. The summed E-state index contributed by atoms with van der Waals surface area (Å²) in [4.78, 5) is 1.45. The molecule has 0 heterocycles. The van der Waals surface area contributed by atoms with Crippen molar-refractivity contribution >= 4 is 0 Å². The van der Waals surface area contributed by atoms with E-state index in [1.807, 2.05) is 0 Å². The highest BCUT2D eigenvalue weighted by atomic mass is 19.4. The van der Waals surface area contributed by atoms with Crippen molar-refractivity contribution in [3.05, 3.63) is 0 Å². The van der Waals surface area contributed by atoms with Crippen LogP contribution < -0.4 is 5.73 Å². The average molecular weight is 252 g/mol. The molecule has 2 nitrogen and oxygen atoms in total. The van der Waals surface area contributed by atoms with Gasteiger partial charge in [-0.1, -0.05) is 20.8 Å². The molecule has 2 N–H and O–H groups in total. The molecule has 0 aliphatic heterocycles. The molecular formula is C12H23F3N2. The van der Waals surface area contributed by atoms with Gasteiger partial charge in [-0.15, -0.1) is 0 Å². The van der Waals surface area contributed by atoms with Crippen molar-refractivity contribution in [3.63, 3.8) is 0 Å². The third kappa shape index (κ3) is 4.14. The molecule has 102 valence electrons. The Morgan fingerprint density at radius 2 is 1.94 bits per heavy atom. The third-order valence-corrected chi connectivity index (χ3v) is 3.91. The SMILES string of the molecule is CCN(CC1CCC(C)(C)C1N)CC(F)(F)F. The van der Waals surface area contributed by atoms with Crippen LogP contribution in [-0.4, -0.2) is 36.8 Å². The Bertz CT molecular complexity index is 251. The maximum absolute atomic E-state index is 12.3. The first-order valence-electron chi connectivity index (χ1n) is 6.20. The van der Waals surface area contributed by atoms with Crippen LogP contribution in [0.2, 0.25) is 0 Å². The summed E-state index contributed by atoms with van der Waals surface area (Å²) in [7, 11) is 0. The van der Waals surface area contributed by atoms with Gasteiger partial charge in [-0.25, -0.2) is 0 Å². The first-order valence-corrected chi connectivity index (χ1v) is 6.20. The Balaban J connectivity index is 2.53. The summed E-state index contributed by atoms with van der Waals surface area (Å²) in [5.74, 6) is 0.187. The molecule has 0 aromatic rings. The van der Waals surface area contributed by atoms with E-state index in [4.69, 9.17) is 5.73 Å². The fourth-order valence-corrected chi connectivity index (χ4v) is 2.64. The van der Waals surface area contributed by atoms with Gasteiger partial charge in [0.05, 0.1) is 6.54 Å². The van der Waals surface area contributed by atoms with E-state index in [1.165, 1.54) is 4.90 Å². The van der Waals surface area contributed by atoms with Gasteiger partial charge in [0.25, 0.3) is 0 Å². The Kier molecular flexibility index (Phi) is 4.47. The lowest BCUT2D eigenvalue weighted by molar-refractivity contribution is -0.146. The van der Waals surface area contributed by atoms with Crippen molar-refractivity contribution in [1.82, 2.24) is 4.90 Å². The zero-order valence-corrected chi connectivity index (χ0v) is 10.8. The quantitative estimate of drug-likeness (QED) is 0.833. The Labute approximate surface area is 101 Å². The zero-order valence-electron chi connectivity index (χ0n) is 10.8. The zero-order chi connectivity index (χ0) is 13.3. The standard InChI is InChI=1S/C12H23F3N2/c1-4-17(8-12(13,14)15)7-9-5-6-11(2,3)10(9)16/h9-10H,4-8,16H2,1-3H3. The molecule has 17 heavy (non-hydrogen) atoms. The fourth-order valence-electron chi connectivity index (χ4n) is 2.64. The molecule has 1 saturated carbocycles. The van der Waals surface area contributed by atoms with Crippen LogP contribution in [0.1, 0.15) is 33.6 Å². The van der Waals surface area contributed by atoms with E-state index < -0.39 is 12.7 Å². The van der Waals surface area contributed by atoms with Gasteiger partial charge in [0.1, 0.15) is 0 Å². The lowest BCUT2D eigenvalue weighted by Gasteiger charge is -2.30. The van der Waals surface area contributed by atoms with Crippen molar-refractivity contribution in [1.29, 1.82) is 0 Å². The molecule has 0 amide bonds. The second-order valence-corrected chi connectivity index (χ2v) is 5.76. The van der Waals surface area contributed by atoms with Crippen molar-refractivity contribution in [2.75, 3.05) is 19.6 Å².